The van der Waals surface area contributed by atoms with Crippen LogP contribution in [0.1, 0.15) is 38.2 Å². The predicted octanol–water partition coefficient (Wildman–Crippen LogP) is 3.02. The number of unbranched alkanes of at least 4 members (excludes halogenated alkanes) is 2. The Kier molecular flexibility index (Phi) is 8.43. The zero-order valence-electron chi connectivity index (χ0n) is 12.5. The minimum atomic E-state index is -0.119. The Hall–Kier alpha value is -1.62. The first-order valence-electron chi connectivity index (χ1n) is 7.27. The molecule has 0 aliphatic carbocycles. The molecule has 0 amide bonds. The fraction of sp³-hybridized carbons (Fsp3) is 0.500. The molecule has 1 rings (SSSR count). The van der Waals surface area contributed by atoms with Crippen molar-refractivity contribution in [3.63, 3.8) is 0 Å². The summed E-state index contributed by atoms with van der Waals surface area (Å²) in [5, 5.41) is 0. The summed E-state index contributed by atoms with van der Waals surface area (Å²) in [6.45, 7) is 2.92. The van der Waals surface area contributed by atoms with E-state index in [0.717, 1.165) is 30.6 Å². The number of carbonyl (C=O) groups is 1. The second kappa shape index (κ2) is 10.2. The molecule has 4 nitrogen and oxygen atoms in total. The van der Waals surface area contributed by atoms with Gasteiger partial charge in [0.2, 0.25) is 0 Å². The third kappa shape index (κ3) is 8.30. The van der Waals surface area contributed by atoms with E-state index in [1.807, 2.05) is 31.2 Å². The molecule has 0 aromatic heterocycles. The van der Waals surface area contributed by atoms with Gasteiger partial charge in [0.25, 0.3) is 0 Å². The number of hydrogen-bond donors (Lipinski definition) is 1. The van der Waals surface area contributed by atoms with Gasteiger partial charge in [-0.15, -0.1) is 0 Å². The van der Waals surface area contributed by atoms with E-state index >= 15 is 0 Å². The Labute approximate surface area is 131 Å². The normalized spacial score (nSPS) is 10.1. The van der Waals surface area contributed by atoms with E-state index in [1.165, 1.54) is 0 Å². The molecule has 0 radical (unpaired) electrons. The number of rotatable bonds is 10. The molecule has 0 aliphatic heterocycles. The van der Waals surface area contributed by atoms with Crippen molar-refractivity contribution in [3.8, 4) is 5.75 Å². The highest BCUT2D eigenvalue weighted by atomic mass is 32.1. The van der Waals surface area contributed by atoms with Crippen LogP contribution in [0, 0.1) is 0 Å². The fourth-order valence-corrected chi connectivity index (χ4v) is 2.04. The summed E-state index contributed by atoms with van der Waals surface area (Å²) in [6, 6.07) is 7.78. The van der Waals surface area contributed by atoms with E-state index in [-0.39, 0.29) is 5.97 Å². The summed E-state index contributed by atoms with van der Waals surface area (Å²) in [5.74, 6) is 0.721. The van der Waals surface area contributed by atoms with Crippen molar-refractivity contribution >= 4 is 23.2 Å². The Morgan fingerprint density at radius 1 is 1.19 bits per heavy atom. The van der Waals surface area contributed by atoms with E-state index < -0.39 is 0 Å². The van der Waals surface area contributed by atoms with Crippen LogP contribution in [0.25, 0.3) is 0 Å². The summed E-state index contributed by atoms with van der Waals surface area (Å²) < 4.78 is 10.5. The Morgan fingerprint density at radius 3 is 2.52 bits per heavy atom. The molecule has 2 N–H and O–H groups in total. The third-order valence-corrected chi connectivity index (χ3v) is 3.05. The molecule has 5 heteroatoms. The summed E-state index contributed by atoms with van der Waals surface area (Å²) in [4.78, 5) is 11.6. The van der Waals surface area contributed by atoms with Crippen molar-refractivity contribution < 1.29 is 14.3 Å². The van der Waals surface area contributed by atoms with Gasteiger partial charge < -0.3 is 15.2 Å². The van der Waals surface area contributed by atoms with E-state index in [4.69, 9.17) is 27.4 Å². The Morgan fingerprint density at radius 2 is 1.90 bits per heavy atom. The molecule has 0 unspecified atom stereocenters. The summed E-state index contributed by atoms with van der Waals surface area (Å²) in [5.41, 5.74) is 6.58. The van der Waals surface area contributed by atoms with Crippen molar-refractivity contribution in [2.75, 3.05) is 13.2 Å². The van der Waals surface area contributed by atoms with E-state index in [0.29, 0.717) is 31.0 Å². The highest BCUT2D eigenvalue weighted by Gasteiger charge is 2.01. The lowest BCUT2D eigenvalue weighted by atomic mass is 10.1. The van der Waals surface area contributed by atoms with Crippen LogP contribution in [-0.4, -0.2) is 24.2 Å². The van der Waals surface area contributed by atoms with Gasteiger partial charge >= 0.3 is 5.97 Å². The van der Waals surface area contributed by atoms with Crippen molar-refractivity contribution in [1.29, 1.82) is 0 Å². The monoisotopic (exact) mass is 309 g/mol. The number of thiocarbonyl (C=S) groups is 1. The average molecular weight is 309 g/mol. The van der Waals surface area contributed by atoms with Gasteiger partial charge in [-0.2, -0.15) is 0 Å². The van der Waals surface area contributed by atoms with Crippen LogP contribution in [0.3, 0.4) is 0 Å². The van der Waals surface area contributed by atoms with Crippen molar-refractivity contribution in [2.45, 2.75) is 39.0 Å². The molecule has 0 spiro atoms. The van der Waals surface area contributed by atoms with Gasteiger partial charge in [0, 0.05) is 12.8 Å². The molecule has 0 fully saturated rings. The molecule has 0 saturated heterocycles. The number of esters is 1. The maximum atomic E-state index is 11.1. The van der Waals surface area contributed by atoms with Crippen LogP contribution in [-0.2, 0) is 16.0 Å². The second-order valence-electron chi connectivity index (χ2n) is 4.75. The van der Waals surface area contributed by atoms with Crippen LogP contribution >= 0.6 is 12.2 Å². The van der Waals surface area contributed by atoms with Gasteiger partial charge in [0.05, 0.1) is 18.2 Å². The van der Waals surface area contributed by atoms with Gasteiger partial charge in [0.1, 0.15) is 5.75 Å². The van der Waals surface area contributed by atoms with E-state index in [1.54, 1.807) is 0 Å². The smallest absolute Gasteiger partial charge is 0.305 e. The molecule has 0 heterocycles. The topological polar surface area (TPSA) is 61.5 Å². The number of benzene rings is 1. The first kappa shape index (κ1) is 17.4. The van der Waals surface area contributed by atoms with Crippen LogP contribution < -0.4 is 10.5 Å². The highest BCUT2D eigenvalue weighted by Crippen LogP contribution is 2.13. The fourth-order valence-electron chi connectivity index (χ4n) is 1.88. The molecular formula is C16H23NO3S. The minimum absolute atomic E-state index is 0.119. The van der Waals surface area contributed by atoms with Gasteiger partial charge in [-0.1, -0.05) is 24.4 Å². The number of hydrogen-bond acceptors (Lipinski definition) is 4. The minimum Gasteiger partial charge on any atom is -0.494 e. The molecular weight excluding hydrogens is 286 g/mol. The Balaban J connectivity index is 2.12. The molecule has 1 aromatic rings. The van der Waals surface area contributed by atoms with Gasteiger partial charge in [-0.25, -0.2) is 0 Å². The lowest BCUT2D eigenvalue weighted by Crippen LogP contribution is -2.10. The highest BCUT2D eigenvalue weighted by molar-refractivity contribution is 7.80. The SMILES string of the molecule is CCOC(=O)CCCCCOc1ccc(CC(N)=S)cc1. The van der Waals surface area contributed by atoms with Crippen LogP contribution in [0.15, 0.2) is 24.3 Å². The van der Waals surface area contributed by atoms with Gasteiger partial charge in [0.15, 0.2) is 0 Å². The second-order valence-corrected chi connectivity index (χ2v) is 5.28. The van der Waals surface area contributed by atoms with Crippen molar-refractivity contribution in [2.24, 2.45) is 5.73 Å². The lowest BCUT2D eigenvalue weighted by Gasteiger charge is -2.07. The molecule has 0 atom stereocenters. The zero-order valence-corrected chi connectivity index (χ0v) is 13.3. The standard InChI is InChI=1S/C16H23NO3S/c1-2-19-16(18)6-4-3-5-11-20-14-9-7-13(8-10-14)12-15(17)21/h7-10H,2-6,11-12H2,1H3,(H2,17,21). The largest absolute Gasteiger partial charge is 0.494 e. The number of carbonyl (C=O) groups excluding carboxylic acids is 1. The van der Waals surface area contributed by atoms with Crippen LogP contribution in [0.5, 0.6) is 5.75 Å². The maximum absolute atomic E-state index is 11.1. The van der Waals surface area contributed by atoms with E-state index in [9.17, 15) is 4.79 Å². The van der Waals surface area contributed by atoms with Crippen LogP contribution in [0.4, 0.5) is 0 Å². The predicted molar refractivity (Wildman–Crippen MR) is 87.5 cm³/mol. The van der Waals surface area contributed by atoms with E-state index in [2.05, 4.69) is 0 Å². The molecule has 0 bridgehead atoms. The van der Waals surface area contributed by atoms with Gasteiger partial charge in [-0.3, -0.25) is 4.79 Å². The molecule has 1 aromatic carbocycles. The third-order valence-electron chi connectivity index (χ3n) is 2.90. The van der Waals surface area contributed by atoms with Crippen LogP contribution in [0.2, 0.25) is 0 Å². The maximum Gasteiger partial charge on any atom is 0.305 e. The first-order chi connectivity index (χ1) is 10.1. The van der Waals surface area contributed by atoms with Gasteiger partial charge in [-0.05, 0) is 43.9 Å². The molecule has 21 heavy (non-hydrogen) atoms. The molecule has 0 saturated carbocycles. The average Bonchev–Trinajstić information content (AvgIpc) is 2.44. The number of nitrogens with two attached hydrogens (primary N) is 1. The number of ether oxygens (including phenoxy) is 2. The summed E-state index contributed by atoms with van der Waals surface area (Å²) in [6.07, 6.45) is 3.83. The molecule has 116 valence electrons. The lowest BCUT2D eigenvalue weighted by molar-refractivity contribution is -0.143. The zero-order chi connectivity index (χ0) is 15.5. The summed E-state index contributed by atoms with van der Waals surface area (Å²) >= 11 is 4.87. The Bertz CT molecular complexity index is 445. The molecule has 0 aliphatic rings. The van der Waals surface area contributed by atoms with Crippen molar-refractivity contribution in [1.82, 2.24) is 0 Å². The summed E-state index contributed by atoms with van der Waals surface area (Å²) in [7, 11) is 0. The quantitative estimate of drug-likeness (QED) is 0.409. The first-order valence-corrected chi connectivity index (χ1v) is 7.68. The van der Waals surface area contributed by atoms with Crippen molar-refractivity contribution in [3.05, 3.63) is 29.8 Å².